The van der Waals surface area contributed by atoms with Gasteiger partial charge in [-0.2, -0.15) is 0 Å². The number of carbonyl (C=O) groups excluding carboxylic acids is 7. The van der Waals surface area contributed by atoms with Crippen LogP contribution in [0.15, 0.2) is 90.7 Å². The summed E-state index contributed by atoms with van der Waals surface area (Å²) < 4.78 is 18.2. The Kier molecular flexibility index (Phi) is 23.7. The maximum Gasteiger partial charge on any atom is 0.327 e. The molecular weight excluding hydrogens is 967 g/mol. The molecule has 7 amide bonds. The first-order valence-corrected chi connectivity index (χ1v) is 25.3. The van der Waals surface area contributed by atoms with Gasteiger partial charge in [0.15, 0.2) is 0 Å². The fraction of sp³-hybridized carbons (Fsp3) is 0.471. The lowest BCUT2D eigenvalue weighted by Gasteiger charge is -2.28. The van der Waals surface area contributed by atoms with Gasteiger partial charge in [0.2, 0.25) is 35.4 Å². The number of benzene rings is 2. The maximum absolute atomic E-state index is 14.3. The summed E-state index contributed by atoms with van der Waals surface area (Å²) in [5.41, 5.74) is 1.70. The third-order valence-electron chi connectivity index (χ3n) is 12.4. The number of hydrogen-bond donors (Lipinski definition) is 9. The van der Waals surface area contributed by atoms with Crippen LogP contribution in [-0.4, -0.2) is 146 Å². The maximum atomic E-state index is 14.3. The quantitative estimate of drug-likeness (QED) is 0.0951. The van der Waals surface area contributed by atoms with Crippen molar-refractivity contribution in [2.45, 2.75) is 109 Å². The Labute approximate surface area is 427 Å². The van der Waals surface area contributed by atoms with E-state index in [-0.39, 0.29) is 36.4 Å². The number of ether oxygens (including phenoxy) is 1. The molecule has 0 aromatic heterocycles. The molecule has 0 spiro atoms. The fourth-order valence-corrected chi connectivity index (χ4v) is 8.18. The molecule has 2 aromatic rings. The van der Waals surface area contributed by atoms with Gasteiger partial charge >= 0.3 is 11.9 Å². The van der Waals surface area contributed by atoms with Crippen LogP contribution in [0.3, 0.4) is 0 Å². The molecule has 21 nitrogen and oxygen atoms in total. The second kappa shape index (κ2) is 28.7. The molecule has 73 heavy (non-hydrogen) atoms. The summed E-state index contributed by atoms with van der Waals surface area (Å²) in [5, 5.41) is 45.2. The van der Waals surface area contributed by atoms with Gasteiger partial charge in [-0.15, -0.1) is 0 Å². The van der Waals surface area contributed by atoms with Crippen molar-refractivity contribution in [2.75, 3.05) is 26.2 Å². The van der Waals surface area contributed by atoms with E-state index in [1.54, 1.807) is 20.1 Å². The molecule has 0 saturated carbocycles. The minimum Gasteiger partial charge on any atom is -0.508 e. The first kappa shape index (κ1) is 60.1. The molecule has 1 aliphatic heterocycles. The first-order chi connectivity index (χ1) is 34.3. The summed E-state index contributed by atoms with van der Waals surface area (Å²) in [4.78, 5) is 123. The summed E-state index contributed by atoms with van der Waals surface area (Å²) in [6.07, 6.45) is 5.32. The van der Waals surface area contributed by atoms with Crippen LogP contribution in [0.2, 0.25) is 0 Å². The molecule has 3 rings (SSSR count). The van der Waals surface area contributed by atoms with E-state index in [1.807, 2.05) is 43.3 Å². The number of hydrogen-bond acceptors (Lipinski definition) is 12. The third kappa shape index (κ3) is 19.1. The lowest BCUT2D eigenvalue weighted by Crippen LogP contribution is -2.59. The molecule has 0 aliphatic carbocycles. The van der Waals surface area contributed by atoms with E-state index in [4.69, 9.17) is 4.74 Å². The van der Waals surface area contributed by atoms with E-state index in [0.717, 1.165) is 10.5 Å². The SMILES string of the molecule is C=C1C(=O)N[C@H](C)C(=O)N[C@@H](Cc2ccc(O)cc2)C(=O)N[C@@H](C(=O)O)[C@H](C)C(=O)N[C@@H](CC[S@](C)=O)C(=O)N[C@@H](/C=C/C(C)=C/[C@H](C)[C@H](Cc2ccccc2)OC)[C@H](C)C(=O)N[C@@H](C(=O)O)CCC(=O)N1C. The molecule has 0 bridgehead atoms. The zero-order valence-corrected chi connectivity index (χ0v) is 43.2. The van der Waals surface area contributed by atoms with Crippen LogP contribution in [0.5, 0.6) is 5.75 Å². The number of nitrogens with one attached hydrogen (secondary N) is 6. The number of phenols is 1. The first-order valence-electron chi connectivity index (χ1n) is 23.6. The topological polar surface area (TPSA) is 316 Å². The van der Waals surface area contributed by atoms with Gasteiger partial charge < -0.3 is 56.9 Å². The van der Waals surface area contributed by atoms with Gasteiger partial charge in [-0.05, 0) is 56.4 Å². The lowest BCUT2D eigenvalue weighted by molar-refractivity contribution is -0.146. The second-order valence-corrected chi connectivity index (χ2v) is 19.7. The molecule has 398 valence electrons. The highest BCUT2D eigenvalue weighted by atomic mass is 32.2. The number of amides is 7. The smallest absolute Gasteiger partial charge is 0.327 e. The van der Waals surface area contributed by atoms with E-state index < -0.39 is 131 Å². The summed E-state index contributed by atoms with van der Waals surface area (Å²) in [6.45, 7) is 11.2. The Balaban J connectivity index is 2.12. The number of phenolic OH excluding ortho intramolecular Hbond substituents is 1. The minimum atomic E-state index is -1.97. The molecule has 9 N–H and O–H groups in total. The number of nitrogens with zero attached hydrogens (tertiary/aromatic N) is 1. The number of aliphatic carboxylic acids is 2. The van der Waals surface area contributed by atoms with E-state index >= 15 is 0 Å². The van der Waals surface area contributed by atoms with Crippen LogP contribution >= 0.6 is 0 Å². The van der Waals surface area contributed by atoms with Crippen molar-refractivity contribution >= 4 is 64.1 Å². The average molecular weight is 1040 g/mol. The van der Waals surface area contributed by atoms with Crippen molar-refractivity contribution in [2.24, 2.45) is 17.8 Å². The predicted molar refractivity (Wildman–Crippen MR) is 270 cm³/mol. The van der Waals surface area contributed by atoms with Crippen LogP contribution in [0, 0.1) is 17.8 Å². The molecule has 2 aromatic carbocycles. The number of methoxy groups -OCH3 is 1. The minimum absolute atomic E-state index is 0.110. The van der Waals surface area contributed by atoms with Crippen LogP contribution in [0.25, 0.3) is 0 Å². The Morgan fingerprint density at radius 2 is 1.41 bits per heavy atom. The Hall–Kier alpha value is -7.20. The highest BCUT2D eigenvalue weighted by Crippen LogP contribution is 2.19. The summed E-state index contributed by atoms with van der Waals surface area (Å²) >= 11 is 0. The van der Waals surface area contributed by atoms with Crippen LogP contribution in [0.1, 0.15) is 65.0 Å². The van der Waals surface area contributed by atoms with Crippen molar-refractivity contribution in [1.82, 2.24) is 36.8 Å². The Bertz CT molecular complexity index is 2410. The normalized spacial score (nSPS) is 25.4. The number of carboxylic acid groups (broad SMARTS) is 2. The molecular formula is C51H69N7O14S. The largest absolute Gasteiger partial charge is 0.508 e. The van der Waals surface area contributed by atoms with Crippen LogP contribution in [-0.2, 0) is 71.5 Å². The molecule has 11 atom stereocenters. The van der Waals surface area contributed by atoms with Gasteiger partial charge in [-0.3, -0.25) is 37.8 Å². The van der Waals surface area contributed by atoms with Gasteiger partial charge in [0.25, 0.3) is 5.91 Å². The summed E-state index contributed by atoms with van der Waals surface area (Å²) in [6, 6.07) is 5.97. The molecule has 1 saturated heterocycles. The van der Waals surface area contributed by atoms with Crippen molar-refractivity contribution in [3.8, 4) is 5.75 Å². The van der Waals surface area contributed by atoms with Crippen molar-refractivity contribution < 1.29 is 67.4 Å². The van der Waals surface area contributed by atoms with Gasteiger partial charge in [-0.1, -0.05) is 93.6 Å². The van der Waals surface area contributed by atoms with Gasteiger partial charge in [0, 0.05) is 55.7 Å². The molecule has 1 heterocycles. The summed E-state index contributed by atoms with van der Waals surface area (Å²) in [5.74, 6) is -13.0. The van der Waals surface area contributed by atoms with Gasteiger partial charge in [0.1, 0.15) is 41.7 Å². The van der Waals surface area contributed by atoms with Gasteiger partial charge in [-0.25, -0.2) is 9.59 Å². The standard InChI is InChI=1S/C51H69N7O14S/c1-28(25-29(2)41(72-8)27-34-13-11-10-12-14-34)15-20-37-30(3)44(61)55-39(50(67)68)21-22-42(60)58(7)33(6)47(64)52-32(5)46(63)56-40(26-35-16-18-36(59)19-17-35)49(66)57-43(51(69)70)31(4)45(62)54-38(48(65)53-37)23-24-73(9)71/h10-20,25,29-32,37-41,43,59H,6,21-24,26-27H2,1-5,7-9H3,(H,52,64)(H,53,65)(H,54,62)(H,55,61)(H,56,63)(H,57,66)(H,67,68)(H,69,70)/b20-15+,28-25+/t29-,30-,31-,32+,37-,38-,39+,40-,41-,43+,73-/m0/s1. The number of likely N-dealkylation sites (N-methyl/N-ethyl adjacent to an activating group) is 1. The van der Waals surface area contributed by atoms with E-state index in [0.29, 0.717) is 17.6 Å². The van der Waals surface area contributed by atoms with E-state index in [9.17, 15) is 62.7 Å². The number of carboxylic acids is 2. The molecule has 1 fully saturated rings. The van der Waals surface area contributed by atoms with Crippen molar-refractivity contribution in [3.05, 3.63) is 102 Å². The number of aromatic hydroxyl groups is 1. The monoisotopic (exact) mass is 1040 g/mol. The van der Waals surface area contributed by atoms with Crippen LogP contribution in [0.4, 0.5) is 0 Å². The van der Waals surface area contributed by atoms with E-state index in [2.05, 4.69) is 38.5 Å². The molecule has 0 radical (unpaired) electrons. The zero-order valence-electron chi connectivity index (χ0n) is 42.3. The zero-order chi connectivity index (χ0) is 54.7. The predicted octanol–water partition coefficient (Wildman–Crippen LogP) is 1.24. The van der Waals surface area contributed by atoms with Crippen LogP contribution < -0.4 is 31.9 Å². The summed E-state index contributed by atoms with van der Waals surface area (Å²) in [7, 11) is 1.29. The highest BCUT2D eigenvalue weighted by molar-refractivity contribution is 7.84. The molecule has 22 heteroatoms. The second-order valence-electron chi connectivity index (χ2n) is 18.1. The fourth-order valence-electron chi connectivity index (χ4n) is 7.61. The number of rotatable bonds is 14. The Morgan fingerprint density at radius 3 is 2.00 bits per heavy atom. The van der Waals surface area contributed by atoms with Crippen molar-refractivity contribution in [3.63, 3.8) is 0 Å². The molecule has 0 unspecified atom stereocenters. The van der Waals surface area contributed by atoms with Gasteiger partial charge in [0.05, 0.1) is 24.0 Å². The Morgan fingerprint density at radius 1 is 0.808 bits per heavy atom. The third-order valence-corrected chi connectivity index (χ3v) is 13.2. The number of carbonyl (C=O) groups is 9. The number of allylic oxidation sites excluding steroid dienone is 2. The van der Waals surface area contributed by atoms with E-state index in [1.165, 1.54) is 64.4 Å². The lowest BCUT2D eigenvalue weighted by atomic mass is 9.94. The average Bonchev–Trinajstić information content (AvgIpc) is 3.34. The van der Waals surface area contributed by atoms with Crippen molar-refractivity contribution in [1.29, 1.82) is 0 Å². The molecule has 1 aliphatic rings. The highest BCUT2D eigenvalue weighted by Gasteiger charge is 2.37.